The average Bonchev–Trinajstić information content (AvgIpc) is 2.26. The van der Waals surface area contributed by atoms with E-state index in [-0.39, 0.29) is 24.2 Å². The van der Waals surface area contributed by atoms with E-state index in [0.29, 0.717) is 6.54 Å². The number of amides is 1. The highest BCUT2D eigenvalue weighted by molar-refractivity contribution is 5.85. The molecule has 0 radical (unpaired) electrons. The third-order valence-electron chi connectivity index (χ3n) is 2.21. The Bertz CT molecular complexity index is 316. The fourth-order valence-corrected chi connectivity index (χ4v) is 1.11. The molecule has 0 unspecified atom stereocenters. The van der Waals surface area contributed by atoms with Gasteiger partial charge < -0.3 is 11.1 Å². The van der Waals surface area contributed by atoms with E-state index in [1.165, 1.54) is 0 Å². The van der Waals surface area contributed by atoms with E-state index in [1.54, 1.807) is 12.4 Å². The first kappa shape index (κ1) is 14.9. The quantitative estimate of drug-likeness (QED) is 0.832. The highest BCUT2D eigenvalue weighted by Gasteiger charge is 2.16. The van der Waals surface area contributed by atoms with Crippen LogP contribution in [0.5, 0.6) is 0 Å². The summed E-state index contributed by atoms with van der Waals surface area (Å²) in [5.41, 5.74) is 6.67. The first-order valence-corrected chi connectivity index (χ1v) is 5.03. The molecule has 0 aromatic carbocycles. The molecule has 3 N–H and O–H groups in total. The maximum Gasteiger partial charge on any atom is 0.237 e. The number of nitrogens with one attached hydrogen (secondary N) is 1. The van der Waals surface area contributed by atoms with Gasteiger partial charge >= 0.3 is 0 Å². The monoisotopic (exact) mass is 243 g/mol. The summed E-state index contributed by atoms with van der Waals surface area (Å²) >= 11 is 0. The molecule has 0 saturated heterocycles. The van der Waals surface area contributed by atoms with Crippen LogP contribution >= 0.6 is 12.4 Å². The summed E-state index contributed by atoms with van der Waals surface area (Å²) in [4.78, 5) is 15.5. The predicted molar refractivity (Wildman–Crippen MR) is 66.1 cm³/mol. The minimum atomic E-state index is -0.443. The molecule has 1 atom stereocenters. The lowest BCUT2D eigenvalue weighted by molar-refractivity contribution is -0.123. The van der Waals surface area contributed by atoms with Crippen molar-refractivity contribution in [3.63, 3.8) is 0 Å². The highest BCUT2D eigenvalue weighted by atomic mass is 35.5. The molecule has 1 rings (SSSR count). The number of hydrogen-bond donors (Lipinski definition) is 2. The van der Waals surface area contributed by atoms with Crippen LogP contribution in [0.2, 0.25) is 0 Å². The van der Waals surface area contributed by atoms with Gasteiger partial charge in [0.05, 0.1) is 6.04 Å². The average molecular weight is 244 g/mol. The molecule has 5 heteroatoms. The minimum absolute atomic E-state index is 0. The van der Waals surface area contributed by atoms with Crippen LogP contribution in [0.4, 0.5) is 0 Å². The number of nitrogens with zero attached hydrogens (tertiary/aromatic N) is 1. The van der Waals surface area contributed by atoms with Crippen LogP contribution in [-0.4, -0.2) is 16.9 Å². The number of rotatable bonds is 4. The zero-order chi connectivity index (χ0) is 11.3. The maximum absolute atomic E-state index is 11.5. The molecule has 1 amide bonds. The Morgan fingerprint density at radius 1 is 1.56 bits per heavy atom. The third kappa shape index (κ3) is 4.59. The van der Waals surface area contributed by atoms with Gasteiger partial charge in [0.25, 0.3) is 0 Å². The van der Waals surface area contributed by atoms with E-state index in [4.69, 9.17) is 5.73 Å². The summed E-state index contributed by atoms with van der Waals surface area (Å²) in [7, 11) is 0. The van der Waals surface area contributed by atoms with Gasteiger partial charge in [-0.15, -0.1) is 12.4 Å². The molecule has 0 fully saturated rings. The van der Waals surface area contributed by atoms with Gasteiger partial charge in [-0.1, -0.05) is 19.9 Å². The van der Waals surface area contributed by atoms with Gasteiger partial charge in [-0.05, 0) is 17.5 Å². The molecule has 1 aromatic heterocycles. The van der Waals surface area contributed by atoms with Gasteiger partial charge in [0.15, 0.2) is 0 Å². The number of carbonyl (C=O) groups excluding carboxylic acids is 1. The molecule has 4 nitrogen and oxygen atoms in total. The van der Waals surface area contributed by atoms with E-state index >= 15 is 0 Å². The Morgan fingerprint density at radius 2 is 2.25 bits per heavy atom. The summed E-state index contributed by atoms with van der Waals surface area (Å²) in [5, 5.41) is 2.78. The smallest absolute Gasteiger partial charge is 0.237 e. The highest BCUT2D eigenvalue weighted by Crippen LogP contribution is 1.99. The van der Waals surface area contributed by atoms with Crippen molar-refractivity contribution in [2.75, 3.05) is 0 Å². The lowest BCUT2D eigenvalue weighted by Crippen LogP contribution is -2.43. The summed E-state index contributed by atoms with van der Waals surface area (Å²) in [5.74, 6) is 0.0350. The van der Waals surface area contributed by atoms with Gasteiger partial charge in [0.2, 0.25) is 5.91 Å². The lowest BCUT2D eigenvalue weighted by atomic mass is 10.1. The van der Waals surface area contributed by atoms with Gasteiger partial charge in [0.1, 0.15) is 0 Å². The molecule has 1 aromatic rings. The second-order valence-corrected chi connectivity index (χ2v) is 3.85. The van der Waals surface area contributed by atoms with Gasteiger partial charge in [-0.3, -0.25) is 9.78 Å². The standard InChI is InChI=1S/C11H17N3O.ClH/c1-8(2)10(12)11(15)14-7-9-4-3-5-13-6-9;/h3-6,8,10H,7,12H2,1-2H3,(H,14,15);1H/t10-;/m0./s1. The van der Waals surface area contributed by atoms with E-state index in [2.05, 4.69) is 10.3 Å². The van der Waals surface area contributed by atoms with Gasteiger partial charge in [-0.25, -0.2) is 0 Å². The Balaban J connectivity index is 0.00000225. The van der Waals surface area contributed by atoms with Gasteiger partial charge in [-0.2, -0.15) is 0 Å². The van der Waals surface area contributed by atoms with E-state index < -0.39 is 6.04 Å². The SMILES string of the molecule is CC(C)[C@H](N)C(=O)NCc1cccnc1.Cl. The Kier molecular flexibility index (Phi) is 6.69. The van der Waals surface area contributed by atoms with E-state index in [9.17, 15) is 4.79 Å². The largest absolute Gasteiger partial charge is 0.351 e. The first-order valence-electron chi connectivity index (χ1n) is 5.03. The number of aromatic nitrogens is 1. The molecule has 0 saturated carbocycles. The first-order chi connectivity index (χ1) is 7.11. The lowest BCUT2D eigenvalue weighted by Gasteiger charge is -2.15. The molecule has 0 spiro atoms. The van der Waals surface area contributed by atoms with Crippen LogP contribution in [0, 0.1) is 5.92 Å². The second kappa shape index (κ2) is 7.19. The minimum Gasteiger partial charge on any atom is -0.351 e. The summed E-state index contributed by atoms with van der Waals surface area (Å²) in [6, 6.07) is 3.31. The predicted octanol–water partition coefficient (Wildman–Crippen LogP) is 1.10. The fraction of sp³-hybridized carbons (Fsp3) is 0.455. The number of pyridine rings is 1. The van der Waals surface area contributed by atoms with Crippen LogP contribution in [0.15, 0.2) is 24.5 Å². The van der Waals surface area contributed by atoms with Crippen molar-refractivity contribution in [3.8, 4) is 0 Å². The Labute approximate surface area is 102 Å². The second-order valence-electron chi connectivity index (χ2n) is 3.85. The van der Waals surface area contributed by atoms with Crippen molar-refractivity contribution in [2.45, 2.75) is 26.4 Å². The Hall–Kier alpha value is -1.13. The van der Waals surface area contributed by atoms with Crippen molar-refractivity contribution >= 4 is 18.3 Å². The van der Waals surface area contributed by atoms with E-state index in [1.807, 2.05) is 26.0 Å². The maximum atomic E-state index is 11.5. The summed E-state index contributed by atoms with van der Waals surface area (Å²) in [6.45, 7) is 4.33. The number of nitrogens with two attached hydrogens (primary N) is 1. The molecule has 1 heterocycles. The fourth-order valence-electron chi connectivity index (χ4n) is 1.11. The normalized spacial score (nSPS) is 11.8. The topological polar surface area (TPSA) is 68.0 Å². The van der Waals surface area contributed by atoms with Crippen LogP contribution in [0.1, 0.15) is 19.4 Å². The molecule has 90 valence electrons. The van der Waals surface area contributed by atoms with Crippen LogP contribution in [0.3, 0.4) is 0 Å². The van der Waals surface area contributed by atoms with Crippen LogP contribution in [-0.2, 0) is 11.3 Å². The van der Waals surface area contributed by atoms with Crippen molar-refractivity contribution in [2.24, 2.45) is 11.7 Å². The van der Waals surface area contributed by atoms with E-state index in [0.717, 1.165) is 5.56 Å². The number of carbonyl (C=O) groups is 1. The van der Waals surface area contributed by atoms with Crippen molar-refractivity contribution < 1.29 is 4.79 Å². The van der Waals surface area contributed by atoms with Crippen LogP contribution < -0.4 is 11.1 Å². The van der Waals surface area contributed by atoms with Crippen molar-refractivity contribution in [1.29, 1.82) is 0 Å². The number of hydrogen-bond acceptors (Lipinski definition) is 3. The Morgan fingerprint density at radius 3 is 2.75 bits per heavy atom. The molecule has 0 aliphatic rings. The van der Waals surface area contributed by atoms with Crippen molar-refractivity contribution in [1.82, 2.24) is 10.3 Å². The molecule has 16 heavy (non-hydrogen) atoms. The van der Waals surface area contributed by atoms with Crippen molar-refractivity contribution in [3.05, 3.63) is 30.1 Å². The number of halogens is 1. The molecular weight excluding hydrogens is 226 g/mol. The zero-order valence-corrected chi connectivity index (χ0v) is 10.3. The molecular formula is C11H18ClN3O. The molecule has 0 aliphatic carbocycles. The zero-order valence-electron chi connectivity index (χ0n) is 9.51. The summed E-state index contributed by atoms with van der Waals surface area (Å²) < 4.78 is 0. The molecule has 0 aliphatic heterocycles. The van der Waals surface area contributed by atoms with Crippen LogP contribution in [0.25, 0.3) is 0 Å². The third-order valence-corrected chi connectivity index (χ3v) is 2.21. The van der Waals surface area contributed by atoms with Gasteiger partial charge in [0, 0.05) is 18.9 Å². The summed E-state index contributed by atoms with van der Waals surface area (Å²) in [6.07, 6.45) is 3.42. The molecule has 0 bridgehead atoms.